The topological polar surface area (TPSA) is 99.5 Å². The molecular formula is C36H49N3O7. The third-order valence-electron chi connectivity index (χ3n) is 8.07. The summed E-state index contributed by atoms with van der Waals surface area (Å²) in [6, 6.07) is 13.1. The van der Waals surface area contributed by atoms with Crippen LogP contribution in [0.3, 0.4) is 0 Å². The molecule has 1 aliphatic heterocycles. The molecule has 0 aliphatic carbocycles. The van der Waals surface area contributed by atoms with E-state index >= 15 is 0 Å². The molecule has 2 amide bonds. The van der Waals surface area contributed by atoms with Gasteiger partial charge < -0.3 is 33.3 Å². The van der Waals surface area contributed by atoms with E-state index in [9.17, 15) is 14.4 Å². The maximum atomic E-state index is 14.0. The third-order valence-corrected chi connectivity index (χ3v) is 8.07. The van der Waals surface area contributed by atoms with Crippen LogP contribution in [0.2, 0.25) is 0 Å². The van der Waals surface area contributed by atoms with E-state index in [0.29, 0.717) is 67.0 Å². The highest BCUT2D eigenvalue weighted by Gasteiger charge is 2.28. The Kier molecular flexibility index (Phi) is 11.6. The number of para-hydroxylation sites is 1. The van der Waals surface area contributed by atoms with Crippen LogP contribution in [0.25, 0.3) is 10.9 Å². The van der Waals surface area contributed by atoms with Gasteiger partial charge in [0.05, 0.1) is 25.3 Å². The Bertz CT molecular complexity index is 1540. The minimum atomic E-state index is -0.509. The second-order valence-corrected chi connectivity index (χ2v) is 12.8. The molecule has 0 saturated carbocycles. The van der Waals surface area contributed by atoms with E-state index in [2.05, 4.69) is 0 Å². The van der Waals surface area contributed by atoms with Crippen LogP contribution in [-0.4, -0.2) is 71.9 Å². The highest BCUT2D eigenvalue weighted by Crippen LogP contribution is 2.30. The lowest BCUT2D eigenvalue weighted by molar-refractivity contribution is 0.0179. The van der Waals surface area contributed by atoms with Crippen molar-refractivity contribution < 1.29 is 28.5 Å². The molecule has 0 bridgehead atoms. The zero-order valence-electron chi connectivity index (χ0n) is 28.4. The van der Waals surface area contributed by atoms with Gasteiger partial charge in [0.1, 0.15) is 28.4 Å². The summed E-state index contributed by atoms with van der Waals surface area (Å²) in [5.74, 6) is 1.67. The molecule has 1 aliphatic rings. The number of rotatable bonds is 12. The first-order chi connectivity index (χ1) is 21.9. The van der Waals surface area contributed by atoms with Crippen LogP contribution in [0, 0.1) is 5.92 Å². The standard InChI is InChI=1S/C36H49N3O7/c1-8-43-27-21-26(22-28(23-27)44-9-2)24-37(6)33(40)31-32(29-14-10-11-15-30(29)38(7)34(31)41)45-20-12-13-25-16-18-39(19-17-25)35(42)46-36(3,4)5/h10-11,14-15,21-23,25H,8-9,12-13,16-20,24H2,1-7H3. The van der Waals surface area contributed by atoms with E-state index < -0.39 is 17.1 Å². The van der Waals surface area contributed by atoms with Crippen LogP contribution < -0.4 is 19.8 Å². The lowest BCUT2D eigenvalue weighted by Crippen LogP contribution is -2.41. The monoisotopic (exact) mass is 635 g/mol. The maximum Gasteiger partial charge on any atom is 0.410 e. The first-order valence-electron chi connectivity index (χ1n) is 16.3. The highest BCUT2D eigenvalue weighted by atomic mass is 16.6. The summed E-state index contributed by atoms with van der Waals surface area (Å²) >= 11 is 0. The number of amides is 2. The number of benzene rings is 2. The number of hydrogen-bond donors (Lipinski definition) is 0. The number of nitrogens with zero attached hydrogens (tertiary/aromatic N) is 3. The van der Waals surface area contributed by atoms with E-state index in [1.807, 2.05) is 77.1 Å². The number of carbonyl (C=O) groups is 2. The number of aryl methyl sites for hydroxylation is 1. The molecule has 1 saturated heterocycles. The number of piperidine rings is 1. The zero-order valence-corrected chi connectivity index (χ0v) is 28.4. The van der Waals surface area contributed by atoms with Gasteiger partial charge in [0.25, 0.3) is 11.5 Å². The second kappa shape index (κ2) is 15.4. The van der Waals surface area contributed by atoms with E-state index in [1.165, 1.54) is 9.47 Å². The quantitative estimate of drug-likeness (QED) is 0.212. The van der Waals surface area contributed by atoms with Gasteiger partial charge in [0, 0.05) is 45.2 Å². The van der Waals surface area contributed by atoms with Crippen LogP contribution in [0.5, 0.6) is 17.2 Å². The molecule has 0 radical (unpaired) electrons. The van der Waals surface area contributed by atoms with Crippen LogP contribution >= 0.6 is 0 Å². The zero-order chi connectivity index (χ0) is 33.4. The van der Waals surface area contributed by atoms with Gasteiger partial charge in [0.15, 0.2) is 0 Å². The average molecular weight is 636 g/mol. The van der Waals surface area contributed by atoms with Crippen molar-refractivity contribution in [3.05, 3.63) is 63.9 Å². The molecule has 0 atom stereocenters. The molecule has 2 heterocycles. The van der Waals surface area contributed by atoms with Crippen LogP contribution in [0.4, 0.5) is 4.79 Å². The summed E-state index contributed by atoms with van der Waals surface area (Å²) < 4.78 is 24.8. The van der Waals surface area contributed by atoms with Gasteiger partial charge >= 0.3 is 6.09 Å². The van der Waals surface area contributed by atoms with Crippen molar-refractivity contribution in [1.82, 2.24) is 14.4 Å². The smallest absolute Gasteiger partial charge is 0.410 e. The fourth-order valence-corrected chi connectivity index (χ4v) is 5.84. The van der Waals surface area contributed by atoms with Crippen molar-refractivity contribution in [3.63, 3.8) is 0 Å². The predicted octanol–water partition coefficient (Wildman–Crippen LogP) is 6.41. The number of aromatic nitrogens is 1. The molecule has 10 nitrogen and oxygen atoms in total. The molecule has 1 fully saturated rings. The van der Waals surface area contributed by atoms with E-state index in [4.69, 9.17) is 18.9 Å². The Morgan fingerprint density at radius 3 is 2.20 bits per heavy atom. The van der Waals surface area contributed by atoms with Crippen molar-refractivity contribution >= 4 is 22.9 Å². The molecule has 0 spiro atoms. The number of fused-ring (bicyclic) bond motifs is 1. The van der Waals surface area contributed by atoms with Gasteiger partial charge in [-0.3, -0.25) is 9.59 Å². The first kappa shape index (κ1) is 34.7. The average Bonchev–Trinajstić information content (AvgIpc) is 3.01. The van der Waals surface area contributed by atoms with Crippen molar-refractivity contribution in [3.8, 4) is 17.2 Å². The van der Waals surface area contributed by atoms with Crippen molar-refractivity contribution in [1.29, 1.82) is 0 Å². The fraction of sp³-hybridized carbons (Fsp3) is 0.528. The van der Waals surface area contributed by atoms with Gasteiger partial charge in [0.2, 0.25) is 0 Å². The Morgan fingerprint density at radius 2 is 1.59 bits per heavy atom. The third kappa shape index (κ3) is 8.73. The minimum Gasteiger partial charge on any atom is -0.494 e. The van der Waals surface area contributed by atoms with Crippen LogP contribution in [-0.2, 0) is 18.3 Å². The molecule has 0 unspecified atom stereocenters. The van der Waals surface area contributed by atoms with Gasteiger partial charge in [-0.05, 0) is 96.0 Å². The Morgan fingerprint density at radius 1 is 0.957 bits per heavy atom. The van der Waals surface area contributed by atoms with E-state index in [-0.39, 0.29) is 18.2 Å². The van der Waals surface area contributed by atoms with Crippen LogP contribution in [0.1, 0.15) is 76.2 Å². The molecule has 2 aromatic carbocycles. The summed E-state index contributed by atoms with van der Waals surface area (Å²) in [5, 5.41) is 0.712. The Balaban J connectivity index is 1.48. The molecule has 46 heavy (non-hydrogen) atoms. The molecule has 1 aromatic heterocycles. The number of ether oxygens (including phenoxy) is 4. The molecule has 3 aromatic rings. The van der Waals surface area contributed by atoms with Gasteiger partial charge in [-0.25, -0.2) is 4.79 Å². The summed E-state index contributed by atoms with van der Waals surface area (Å²) in [7, 11) is 3.35. The molecular weight excluding hydrogens is 586 g/mol. The summed E-state index contributed by atoms with van der Waals surface area (Å²) in [6.07, 6.45) is 3.22. The largest absolute Gasteiger partial charge is 0.494 e. The van der Waals surface area contributed by atoms with Crippen molar-refractivity contribution in [2.24, 2.45) is 13.0 Å². The summed E-state index contributed by atoms with van der Waals surface area (Å²) in [4.78, 5) is 43.4. The molecule has 250 valence electrons. The minimum absolute atomic E-state index is 0.0142. The van der Waals surface area contributed by atoms with Crippen molar-refractivity contribution in [2.45, 2.75) is 72.4 Å². The van der Waals surface area contributed by atoms with Gasteiger partial charge in [-0.1, -0.05) is 12.1 Å². The lowest BCUT2D eigenvalue weighted by Gasteiger charge is -2.33. The number of pyridine rings is 1. The fourth-order valence-electron chi connectivity index (χ4n) is 5.84. The van der Waals surface area contributed by atoms with E-state index in [0.717, 1.165) is 31.2 Å². The number of hydrogen-bond acceptors (Lipinski definition) is 7. The molecule has 4 rings (SSSR count). The van der Waals surface area contributed by atoms with Gasteiger partial charge in [-0.2, -0.15) is 0 Å². The predicted molar refractivity (Wildman–Crippen MR) is 179 cm³/mol. The Labute approximate surface area is 272 Å². The van der Waals surface area contributed by atoms with Crippen LogP contribution in [0.15, 0.2) is 47.3 Å². The maximum absolute atomic E-state index is 14.0. The van der Waals surface area contributed by atoms with Crippen molar-refractivity contribution in [2.75, 3.05) is 40.0 Å². The van der Waals surface area contributed by atoms with Gasteiger partial charge in [-0.15, -0.1) is 0 Å². The SMILES string of the molecule is CCOc1cc(CN(C)C(=O)c2c(OCCCC3CCN(C(=O)OC(C)(C)C)CC3)c3ccccc3n(C)c2=O)cc(OCC)c1. The number of likely N-dealkylation sites (tertiary alicyclic amines) is 1. The number of carbonyl (C=O) groups excluding carboxylic acids is 2. The van der Waals surface area contributed by atoms with E-state index in [1.54, 1.807) is 19.0 Å². The Hall–Kier alpha value is -4.21. The normalized spacial score (nSPS) is 13.8. The second-order valence-electron chi connectivity index (χ2n) is 12.8. The summed E-state index contributed by atoms with van der Waals surface area (Å²) in [6.45, 7) is 12.4. The lowest BCUT2D eigenvalue weighted by atomic mass is 9.92. The highest BCUT2D eigenvalue weighted by molar-refractivity contribution is 6.02. The molecule has 10 heteroatoms. The first-order valence-corrected chi connectivity index (χ1v) is 16.3. The molecule has 0 N–H and O–H groups in total. The summed E-state index contributed by atoms with van der Waals surface area (Å²) in [5.41, 5.74) is 0.619.